The number of rotatable bonds is 14. The number of benzene rings is 1. The van der Waals surface area contributed by atoms with Crippen molar-refractivity contribution in [1.82, 2.24) is 9.80 Å². The van der Waals surface area contributed by atoms with Crippen molar-refractivity contribution in [3.05, 3.63) is 29.8 Å². The summed E-state index contributed by atoms with van der Waals surface area (Å²) in [5.41, 5.74) is 7.89. The molecule has 2 heterocycles. The highest BCUT2D eigenvalue weighted by Gasteiger charge is 2.50. The second kappa shape index (κ2) is 15.5. The van der Waals surface area contributed by atoms with Gasteiger partial charge in [0.05, 0.1) is 13.7 Å². The number of ether oxygens (including phenoxy) is 5. The summed E-state index contributed by atoms with van der Waals surface area (Å²) in [7, 11) is 1.15. The SMILES string of the molecule is COC(=O)C(N)(Cc1ccc(OCC2CN(CCCC(C(=N)N)(C(=O)OC(C)(C)C)N3CCCCC3)C(=O)O2)cc1)C(=O)OC(C)(C)C. The molecule has 268 valence electrons. The van der Waals surface area contributed by atoms with Crippen molar-refractivity contribution in [1.29, 1.82) is 5.41 Å². The average Bonchev–Trinajstić information content (AvgIpc) is 3.35. The van der Waals surface area contributed by atoms with Crippen LogP contribution in [0.15, 0.2) is 24.3 Å². The van der Waals surface area contributed by atoms with Crippen molar-refractivity contribution in [2.24, 2.45) is 11.5 Å². The number of nitrogens with one attached hydrogen (secondary N) is 1. The number of piperidine rings is 1. The Labute approximate surface area is 283 Å². The first-order chi connectivity index (χ1) is 22.3. The lowest BCUT2D eigenvalue weighted by Gasteiger charge is -2.44. The molecule has 1 aromatic rings. The highest BCUT2D eigenvalue weighted by Crippen LogP contribution is 2.30. The lowest BCUT2D eigenvalue weighted by Crippen LogP contribution is -2.65. The third-order valence-corrected chi connectivity index (χ3v) is 8.15. The van der Waals surface area contributed by atoms with Crippen LogP contribution in [-0.2, 0) is 39.8 Å². The molecule has 5 N–H and O–H groups in total. The number of hydrogen-bond acceptors (Lipinski definition) is 12. The van der Waals surface area contributed by atoms with Crippen LogP contribution in [-0.4, -0.2) is 108 Å². The summed E-state index contributed by atoms with van der Waals surface area (Å²) in [4.78, 5) is 55.0. The predicted octanol–water partition coefficient (Wildman–Crippen LogP) is 2.92. The third-order valence-electron chi connectivity index (χ3n) is 8.15. The minimum absolute atomic E-state index is 0.0888. The molecule has 0 spiro atoms. The lowest BCUT2D eigenvalue weighted by molar-refractivity contribution is -0.170. The van der Waals surface area contributed by atoms with Gasteiger partial charge in [-0.2, -0.15) is 0 Å². The summed E-state index contributed by atoms with van der Waals surface area (Å²) >= 11 is 0. The van der Waals surface area contributed by atoms with E-state index in [1.54, 1.807) is 70.7 Å². The van der Waals surface area contributed by atoms with Gasteiger partial charge in [0.1, 0.15) is 29.4 Å². The molecular formula is C34H53N5O9. The first kappa shape index (κ1) is 38.5. The first-order valence-corrected chi connectivity index (χ1v) is 16.4. The van der Waals surface area contributed by atoms with E-state index < -0.39 is 52.4 Å². The van der Waals surface area contributed by atoms with Crippen molar-refractivity contribution < 1.29 is 42.9 Å². The van der Waals surface area contributed by atoms with Gasteiger partial charge in [-0.05, 0) is 98.0 Å². The molecule has 3 atom stereocenters. The Morgan fingerprint density at radius 1 is 0.938 bits per heavy atom. The summed E-state index contributed by atoms with van der Waals surface area (Å²) < 4.78 is 27.3. The van der Waals surface area contributed by atoms with Gasteiger partial charge in [0, 0.05) is 13.0 Å². The summed E-state index contributed by atoms with van der Waals surface area (Å²) in [5, 5.41) is 8.47. The van der Waals surface area contributed by atoms with E-state index in [1.807, 2.05) is 4.90 Å². The Balaban J connectivity index is 1.59. The Morgan fingerprint density at radius 2 is 1.52 bits per heavy atom. The molecule has 2 saturated heterocycles. The molecule has 3 rings (SSSR count). The van der Waals surface area contributed by atoms with Gasteiger partial charge >= 0.3 is 24.0 Å². The third kappa shape index (κ3) is 9.82. The summed E-state index contributed by atoms with van der Waals surface area (Å²) in [6.07, 6.45) is 2.28. The quantitative estimate of drug-likeness (QED) is 0.0859. The monoisotopic (exact) mass is 675 g/mol. The summed E-state index contributed by atoms with van der Waals surface area (Å²) in [5.74, 6) is -2.12. The number of cyclic esters (lactones) is 1. The Hall–Kier alpha value is -3.91. The first-order valence-electron chi connectivity index (χ1n) is 16.4. The fourth-order valence-corrected chi connectivity index (χ4v) is 5.81. The fourth-order valence-electron chi connectivity index (χ4n) is 5.81. The predicted molar refractivity (Wildman–Crippen MR) is 177 cm³/mol. The Kier molecular flexibility index (Phi) is 12.5. The van der Waals surface area contributed by atoms with Crippen LogP contribution in [0.3, 0.4) is 0 Å². The molecule has 1 aromatic carbocycles. The zero-order chi connectivity index (χ0) is 35.9. The van der Waals surface area contributed by atoms with E-state index in [4.69, 9.17) is 40.6 Å². The molecule has 2 fully saturated rings. The van der Waals surface area contributed by atoms with Gasteiger partial charge in [0.25, 0.3) is 0 Å². The Bertz CT molecular complexity index is 1320. The molecule has 0 aromatic heterocycles. The van der Waals surface area contributed by atoms with E-state index >= 15 is 0 Å². The van der Waals surface area contributed by atoms with Crippen LogP contribution >= 0.6 is 0 Å². The molecule has 3 unspecified atom stereocenters. The molecule has 48 heavy (non-hydrogen) atoms. The standard InChI is InChI=1S/C34H53N5O9/c1-31(2,3)47-28(41)33(37,27(40)44-7)20-23-12-14-24(15-13-23)45-22-25-21-38(30(43)46-25)17-11-16-34(26(35)36,29(42)48-32(4,5)6)39-18-9-8-10-19-39/h12-15,25H,8-11,16-22,37H2,1-7H3,(H3,35,36). The number of likely N-dealkylation sites (tertiary alicyclic amines) is 1. The summed E-state index contributed by atoms with van der Waals surface area (Å²) in [6, 6.07) is 6.67. The van der Waals surface area contributed by atoms with E-state index in [9.17, 15) is 19.2 Å². The van der Waals surface area contributed by atoms with Gasteiger partial charge < -0.3 is 40.1 Å². The fraction of sp³-hybridized carbons (Fsp3) is 0.676. The highest BCUT2D eigenvalue weighted by atomic mass is 16.6. The summed E-state index contributed by atoms with van der Waals surface area (Å²) in [6.45, 7) is 12.3. The highest BCUT2D eigenvalue weighted by molar-refractivity contribution is 6.08. The van der Waals surface area contributed by atoms with Crippen molar-refractivity contribution in [3.63, 3.8) is 0 Å². The second-order valence-electron chi connectivity index (χ2n) is 14.5. The van der Waals surface area contributed by atoms with Crippen LogP contribution in [0.2, 0.25) is 0 Å². The van der Waals surface area contributed by atoms with Crippen molar-refractivity contribution >= 4 is 29.8 Å². The molecule has 2 aliphatic rings. The smallest absolute Gasteiger partial charge is 0.410 e. The minimum atomic E-state index is -2.03. The van der Waals surface area contributed by atoms with Crippen LogP contribution in [0.5, 0.6) is 5.75 Å². The van der Waals surface area contributed by atoms with Crippen molar-refractivity contribution in [2.75, 3.05) is 39.9 Å². The number of amidine groups is 1. The van der Waals surface area contributed by atoms with Gasteiger partial charge in [0.2, 0.25) is 5.54 Å². The largest absolute Gasteiger partial charge is 0.490 e. The van der Waals surface area contributed by atoms with Gasteiger partial charge in [-0.25, -0.2) is 19.2 Å². The van der Waals surface area contributed by atoms with E-state index in [0.717, 1.165) is 26.4 Å². The molecule has 0 saturated carbocycles. The van der Waals surface area contributed by atoms with Crippen LogP contribution in [0.1, 0.15) is 79.2 Å². The number of nitrogens with zero attached hydrogens (tertiary/aromatic N) is 2. The molecule has 14 heteroatoms. The number of esters is 3. The maximum Gasteiger partial charge on any atom is 0.410 e. The topological polar surface area (TPSA) is 197 Å². The van der Waals surface area contributed by atoms with Crippen molar-refractivity contribution in [2.45, 2.75) is 108 Å². The number of methoxy groups -OCH3 is 1. The van der Waals surface area contributed by atoms with Crippen LogP contribution < -0.4 is 16.2 Å². The normalized spacial score (nSPS) is 19.8. The van der Waals surface area contributed by atoms with Gasteiger partial charge in [0.15, 0.2) is 11.6 Å². The molecule has 0 radical (unpaired) electrons. The molecule has 0 aliphatic carbocycles. The number of hydrogen-bond donors (Lipinski definition) is 3. The minimum Gasteiger partial charge on any atom is -0.490 e. The number of amides is 1. The van der Waals surface area contributed by atoms with Gasteiger partial charge in [-0.3, -0.25) is 10.3 Å². The van der Waals surface area contributed by atoms with Crippen LogP contribution in [0, 0.1) is 5.41 Å². The van der Waals surface area contributed by atoms with Crippen molar-refractivity contribution in [3.8, 4) is 5.75 Å². The van der Waals surface area contributed by atoms with E-state index in [2.05, 4.69) is 0 Å². The maximum absolute atomic E-state index is 13.5. The number of carbonyl (C=O) groups is 4. The molecule has 14 nitrogen and oxygen atoms in total. The molecular weight excluding hydrogens is 622 g/mol. The zero-order valence-corrected chi connectivity index (χ0v) is 29.4. The zero-order valence-electron chi connectivity index (χ0n) is 29.4. The van der Waals surface area contributed by atoms with Gasteiger partial charge in [-0.1, -0.05) is 18.6 Å². The number of carbonyl (C=O) groups excluding carboxylic acids is 4. The van der Waals surface area contributed by atoms with E-state index in [-0.39, 0.29) is 31.8 Å². The maximum atomic E-state index is 13.5. The Morgan fingerprint density at radius 3 is 2.06 bits per heavy atom. The lowest BCUT2D eigenvalue weighted by atomic mass is 9.87. The van der Waals surface area contributed by atoms with Crippen LogP contribution in [0.25, 0.3) is 0 Å². The van der Waals surface area contributed by atoms with E-state index in [0.29, 0.717) is 37.4 Å². The molecule has 2 aliphatic heterocycles. The second-order valence-corrected chi connectivity index (χ2v) is 14.5. The van der Waals surface area contributed by atoms with E-state index in [1.165, 1.54) is 0 Å². The van der Waals surface area contributed by atoms with Crippen LogP contribution in [0.4, 0.5) is 4.79 Å². The molecule has 0 bridgehead atoms. The average molecular weight is 676 g/mol. The molecule has 1 amide bonds. The van der Waals surface area contributed by atoms with Gasteiger partial charge in [-0.15, -0.1) is 0 Å². The number of nitrogens with two attached hydrogens (primary N) is 2.